The van der Waals surface area contributed by atoms with Crippen molar-refractivity contribution in [2.45, 2.75) is 6.92 Å². The molecular formula is C12H10N4S. The Labute approximate surface area is 102 Å². The number of hydrogen-bond acceptors (Lipinski definition) is 4. The highest BCUT2D eigenvalue weighted by Crippen LogP contribution is 2.33. The Morgan fingerprint density at radius 3 is 2.71 bits per heavy atom. The van der Waals surface area contributed by atoms with Crippen molar-refractivity contribution in [3.05, 3.63) is 42.4 Å². The minimum atomic E-state index is 0.722. The molecule has 0 saturated carbocycles. The third-order valence-electron chi connectivity index (χ3n) is 2.45. The molecule has 4 nitrogen and oxygen atoms in total. The Hall–Kier alpha value is -2.01. The predicted molar refractivity (Wildman–Crippen MR) is 67.7 cm³/mol. The lowest BCUT2D eigenvalue weighted by atomic mass is 10.2. The van der Waals surface area contributed by atoms with Crippen LogP contribution in [0.15, 0.2) is 36.7 Å². The third-order valence-corrected chi connectivity index (χ3v) is 3.66. The second-order valence-corrected chi connectivity index (χ2v) is 4.63. The molecule has 0 unspecified atom stereocenters. The molecule has 0 radical (unpaired) electrons. The molecule has 2 aromatic heterocycles. The second kappa shape index (κ2) is 4.10. The zero-order valence-electron chi connectivity index (χ0n) is 9.21. The van der Waals surface area contributed by atoms with Crippen molar-refractivity contribution in [2.75, 3.05) is 0 Å². The Balaban J connectivity index is 2.08. The number of nitrogens with zero attached hydrogens (tertiary/aromatic N) is 3. The van der Waals surface area contributed by atoms with Crippen LogP contribution in [0.3, 0.4) is 0 Å². The van der Waals surface area contributed by atoms with Gasteiger partial charge in [0.1, 0.15) is 6.33 Å². The molecule has 0 bridgehead atoms. The standard InChI is InChI=1S/C12H10N4S/c1-8-10(9-5-3-2-4-6-9)17-12(15-8)11-13-7-14-16-11/h2-7H,1H3,(H,13,14,16). The van der Waals surface area contributed by atoms with Crippen molar-refractivity contribution in [1.29, 1.82) is 0 Å². The van der Waals surface area contributed by atoms with Crippen LogP contribution in [0.25, 0.3) is 21.3 Å². The molecule has 0 saturated heterocycles. The quantitative estimate of drug-likeness (QED) is 0.751. The fourth-order valence-corrected chi connectivity index (χ4v) is 2.68. The van der Waals surface area contributed by atoms with E-state index in [1.54, 1.807) is 11.3 Å². The smallest absolute Gasteiger partial charge is 0.184 e. The van der Waals surface area contributed by atoms with Crippen molar-refractivity contribution in [3.8, 4) is 21.3 Å². The van der Waals surface area contributed by atoms with Crippen LogP contribution >= 0.6 is 11.3 Å². The molecule has 0 spiro atoms. The predicted octanol–water partition coefficient (Wildman–Crippen LogP) is 2.90. The van der Waals surface area contributed by atoms with Gasteiger partial charge in [0.05, 0.1) is 10.6 Å². The van der Waals surface area contributed by atoms with Gasteiger partial charge in [-0.3, -0.25) is 5.10 Å². The van der Waals surface area contributed by atoms with Crippen molar-refractivity contribution in [2.24, 2.45) is 0 Å². The first-order chi connectivity index (χ1) is 8.34. The molecule has 1 N–H and O–H groups in total. The summed E-state index contributed by atoms with van der Waals surface area (Å²) in [6, 6.07) is 10.2. The molecule has 5 heteroatoms. The van der Waals surface area contributed by atoms with E-state index in [4.69, 9.17) is 0 Å². The van der Waals surface area contributed by atoms with E-state index in [9.17, 15) is 0 Å². The SMILES string of the molecule is Cc1nc(-c2ncn[nH]2)sc1-c1ccccc1. The number of rotatable bonds is 2. The Kier molecular flexibility index (Phi) is 2.45. The van der Waals surface area contributed by atoms with Crippen molar-refractivity contribution in [3.63, 3.8) is 0 Å². The van der Waals surface area contributed by atoms with Gasteiger partial charge in [0.25, 0.3) is 0 Å². The van der Waals surface area contributed by atoms with E-state index < -0.39 is 0 Å². The summed E-state index contributed by atoms with van der Waals surface area (Å²) in [6.07, 6.45) is 1.49. The van der Waals surface area contributed by atoms with Gasteiger partial charge in [-0.25, -0.2) is 9.97 Å². The number of nitrogens with one attached hydrogen (secondary N) is 1. The molecule has 0 aliphatic carbocycles. The highest BCUT2D eigenvalue weighted by atomic mass is 32.1. The molecule has 0 amide bonds. The molecule has 3 rings (SSSR count). The number of H-pyrrole nitrogens is 1. The average Bonchev–Trinajstić information content (AvgIpc) is 2.99. The molecule has 3 aromatic rings. The van der Waals surface area contributed by atoms with Crippen molar-refractivity contribution >= 4 is 11.3 Å². The van der Waals surface area contributed by atoms with Crippen LogP contribution in [0.4, 0.5) is 0 Å². The van der Waals surface area contributed by atoms with E-state index in [0.29, 0.717) is 0 Å². The number of benzene rings is 1. The molecule has 0 atom stereocenters. The van der Waals surface area contributed by atoms with Gasteiger partial charge in [0.15, 0.2) is 10.8 Å². The summed E-state index contributed by atoms with van der Waals surface area (Å²) in [5.74, 6) is 0.722. The van der Waals surface area contributed by atoms with E-state index in [0.717, 1.165) is 16.5 Å². The number of aromatic nitrogens is 4. The highest BCUT2D eigenvalue weighted by Gasteiger charge is 2.12. The van der Waals surface area contributed by atoms with Gasteiger partial charge in [0, 0.05) is 0 Å². The van der Waals surface area contributed by atoms with Gasteiger partial charge in [0.2, 0.25) is 0 Å². The minimum absolute atomic E-state index is 0.722. The zero-order chi connectivity index (χ0) is 11.7. The molecule has 2 heterocycles. The second-order valence-electron chi connectivity index (χ2n) is 3.63. The van der Waals surface area contributed by atoms with Gasteiger partial charge in [-0.2, -0.15) is 5.10 Å². The summed E-state index contributed by atoms with van der Waals surface area (Å²) in [7, 11) is 0. The van der Waals surface area contributed by atoms with Gasteiger partial charge < -0.3 is 0 Å². The van der Waals surface area contributed by atoms with Crippen LogP contribution in [0.2, 0.25) is 0 Å². The number of aryl methyl sites for hydroxylation is 1. The lowest BCUT2D eigenvalue weighted by molar-refractivity contribution is 1.09. The maximum Gasteiger partial charge on any atom is 0.184 e. The lowest BCUT2D eigenvalue weighted by Crippen LogP contribution is -1.79. The minimum Gasteiger partial charge on any atom is -0.257 e. The molecule has 0 aliphatic rings. The maximum absolute atomic E-state index is 4.51. The van der Waals surface area contributed by atoms with Gasteiger partial charge in [-0.15, -0.1) is 11.3 Å². The molecular weight excluding hydrogens is 232 g/mol. The molecule has 0 fully saturated rings. The number of thiazole rings is 1. The largest absolute Gasteiger partial charge is 0.257 e. The first-order valence-corrected chi connectivity index (χ1v) is 6.05. The van der Waals surface area contributed by atoms with Crippen LogP contribution in [0.5, 0.6) is 0 Å². The number of aromatic amines is 1. The average molecular weight is 242 g/mol. The van der Waals surface area contributed by atoms with Crippen molar-refractivity contribution in [1.82, 2.24) is 20.2 Å². The lowest BCUT2D eigenvalue weighted by Gasteiger charge is -1.96. The number of hydrogen-bond donors (Lipinski definition) is 1. The molecule has 17 heavy (non-hydrogen) atoms. The highest BCUT2D eigenvalue weighted by molar-refractivity contribution is 7.18. The van der Waals surface area contributed by atoms with E-state index in [2.05, 4.69) is 32.3 Å². The summed E-state index contributed by atoms with van der Waals surface area (Å²) >= 11 is 1.63. The Morgan fingerprint density at radius 2 is 2.00 bits per heavy atom. The van der Waals surface area contributed by atoms with Crippen LogP contribution in [0.1, 0.15) is 5.69 Å². The van der Waals surface area contributed by atoms with Crippen LogP contribution in [0, 0.1) is 6.92 Å². The van der Waals surface area contributed by atoms with E-state index in [-0.39, 0.29) is 0 Å². The van der Waals surface area contributed by atoms with E-state index in [1.165, 1.54) is 16.8 Å². The Bertz CT molecular complexity index is 613. The third kappa shape index (κ3) is 1.85. The normalized spacial score (nSPS) is 10.6. The summed E-state index contributed by atoms with van der Waals surface area (Å²) < 4.78 is 0. The first-order valence-electron chi connectivity index (χ1n) is 5.23. The summed E-state index contributed by atoms with van der Waals surface area (Å²) in [5.41, 5.74) is 2.21. The fourth-order valence-electron chi connectivity index (χ4n) is 1.66. The van der Waals surface area contributed by atoms with Crippen LogP contribution < -0.4 is 0 Å². The monoisotopic (exact) mass is 242 g/mol. The molecule has 1 aromatic carbocycles. The fraction of sp³-hybridized carbons (Fsp3) is 0.0833. The van der Waals surface area contributed by atoms with Crippen LogP contribution in [-0.2, 0) is 0 Å². The maximum atomic E-state index is 4.51. The molecule has 84 valence electrons. The summed E-state index contributed by atoms with van der Waals surface area (Å²) in [6.45, 7) is 2.01. The van der Waals surface area contributed by atoms with E-state index in [1.807, 2.05) is 25.1 Å². The molecule has 0 aliphatic heterocycles. The van der Waals surface area contributed by atoms with Crippen molar-refractivity contribution < 1.29 is 0 Å². The Morgan fingerprint density at radius 1 is 1.18 bits per heavy atom. The summed E-state index contributed by atoms with van der Waals surface area (Å²) in [4.78, 5) is 9.81. The van der Waals surface area contributed by atoms with Gasteiger partial charge in [-0.05, 0) is 12.5 Å². The van der Waals surface area contributed by atoms with Gasteiger partial charge in [-0.1, -0.05) is 30.3 Å². The topological polar surface area (TPSA) is 54.5 Å². The first kappa shape index (κ1) is 10.2. The van der Waals surface area contributed by atoms with Crippen LogP contribution in [-0.4, -0.2) is 20.2 Å². The summed E-state index contributed by atoms with van der Waals surface area (Å²) in [5, 5.41) is 7.55. The van der Waals surface area contributed by atoms with E-state index >= 15 is 0 Å². The van der Waals surface area contributed by atoms with Gasteiger partial charge >= 0.3 is 0 Å². The zero-order valence-corrected chi connectivity index (χ0v) is 10.0.